The smallest absolute Gasteiger partial charge is 0.0133 e. The van der Waals surface area contributed by atoms with Gasteiger partial charge in [0, 0.05) is 13.1 Å². The van der Waals surface area contributed by atoms with Crippen LogP contribution in [0.15, 0.2) is 0 Å². The first kappa shape index (κ1) is 12.9. The third-order valence-corrected chi connectivity index (χ3v) is 1.99. The van der Waals surface area contributed by atoms with Gasteiger partial charge in [0.05, 0.1) is 0 Å². The van der Waals surface area contributed by atoms with Crippen molar-refractivity contribution < 1.29 is 0 Å². The molecule has 0 aliphatic heterocycles. The van der Waals surface area contributed by atoms with Crippen LogP contribution >= 0.6 is 0 Å². The second-order valence-electron chi connectivity index (χ2n) is 3.29. The van der Waals surface area contributed by atoms with Crippen LogP contribution in [0.25, 0.3) is 0 Å². The Balaban J connectivity index is 2.76. The molecule has 0 bridgehead atoms. The van der Waals surface area contributed by atoms with Crippen molar-refractivity contribution in [1.82, 2.24) is 16.0 Å². The molecule has 0 spiro atoms. The normalized spacial score (nSPS) is 10.6. The predicted octanol–water partition coefficient (Wildman–Crippen LogP) is 0.590. The molecule has 0 aromatic rings. The molecule has 0 saturated carbocycles. The summed E-state index contributed by atoms with van der Waals surface area (Å²) < 4.78 is 0. The largest absolute Gasteiger partial charge is 0.320 e. The molecule has 0 fully saturated rings. The number of rotatable bonds is 10. The van der Waals surface area contributed by atoms with Gasteiger partial charge in [-0.05, 0) is 52.9 Å². The number of hydrogen-bond acceptors (Lipinski definition) is 2. The molecule has 0 aromatic heterocycles. The Hall–Kier alpha value is -0.120. The Kier molecular flexibility index (Phi) is 11.8. The lowest BCUT2D eigenvalue weighted by Crippen LogP contribution is -2.14. The molecule has 0 aliphatic carbocycles. The highest BCUT2D eigenvalue weighted by Gasteiger charge is 1.90. The summed E-state index contributed by atoms with van der Waals surface area (Å²) in [4.78, 5) is 0. The van der Waals surface area contributed by atoms with Gasteiger partial charge in [0.15, 0.2) is 0 Å². The van der Waals surface area contributed by atoms with E-state index in [0.717, 1.165) is 26.2 Å². The van der Waals surface area contributed by atoms with E-state index in [-0.39, 0.29) is 0 Å². The molecule has 0 atom stereocenters. The summed E-state index contributed by atoms with van der Waals surface area (Å²) >= 11 is 0. The topological polar surface area (TPSA) is 38.2 Å². The number of nitrogens with one attached hydrogen (secondary N) is 2. The SMILES string of the molecule is CNCCCC[N]CCCCNC. The average molecular weight is 186 g/mol. The van der Waals surface area contributed by atoms with E-state index in [9.17, 15) is 0 Å². The number of nitrogens with zero attached hydrogens (tertiary/aromatic N) is 1. The summed E-state index contributed by atoms with van der Waals surface area (Å²) in [6.45, 7) is 4.33. The molecule has 0 rings (SSSR count). The summed E-state index contributed by atoms with van der Waals surface area (Å²) in [7, 11) is 3.99. The van der Waals surface area contributed by atoms with Gasteiger partial charge in [0.2, 0.25) is 0 Å². The van der Waals surface area contributed by atoms with Gasteiger partial charge in [-0.2, -0.15) is 0 Å². The summed E-state index contributed by atoms with van der Waals surface area (Å²) in [5.41, 5.74) is 0. The highest BCUT2D eigenvalue weighted by molar-refractivity contribution is 4.50. The Bertz CT molecular complexity index is 76.2. The van der Waals surface area contributed by atoms with Crippen molar-refractivity contribution in [2.24, 2.45) is 0 Å². The van der Waals surface area contributed by atoms with Crippen LogP contribution in [0.1, 0.15) is 25.7 Å². The van der Waals surface area contributed by atoms with Gasteiger partial charge in [0.25, 0.3) is 0 Å². The van der Waals surface area contributed by atoms with E-state index in [1.54, 1.807) is 0 Å². The van der Waals surface area contributed by atoms with Crippen molar-refractivity contribution in [2.45, 2.75) is 25.7 Å². The standard InChI is InChI=1S/C10H24N3/c1-11-7-3-5-9-13-10-6-4-8-12-2/h11-12H,3-10H2,1-2H3. The first-order valence-electron chi connectivity index (χ1n) is 5.34. The molecule has 0 unspecified atom stereocenters. The second kappa shape index (κ2) is 11.9. The molecular formula is C10H24N3. The Morgan fingerprint density at radius 2 is 1.23 bits per heavy atom. The molecule has 3 nitrogen and oxygen atoms in total. The maximum atomic E-state index is 4.46. The van der Waals surface area contributed by atoms with Gasteiger partial charge in [0.1, 0.15) is 0 Å². The minimum atomic E-state index is 1.04. The Morgan fingerprint density at radius 1 is 0.769 bits per heavy atom. The van der Waals surface area contributed by atoms with Crippen molar-refractivity contribution in [3.05, 3.63) is 0 Å². The molecule has 79 valence electrons. The van der Waals surface area contributed by atoms with Crippen LogP contribution in [0.5, 0.6) is 0 Å². The molecule has 2 N–H and O–H groups in total. The maximum Gasteiger partial charge on any atom is 0.0133 e. The zero-order valence-electron chi connectivity index (χ0n) is 9.10. The third kappa shape index (κ3) is 11.9. The monoisotopic (exact) mass is 186 g/mol. The molecule has 0 aliphatic rings. The van der Waals surface area contributed by atoms with Crippen LogP contribution in [0, 0.1) is 0 Å². The van der Waals surface area contributed by atoms with Gasteiger partial charge < -0.3 is 10.6 Å². The van der Waals surface area contributed by atoms with Crippen molar-refractivity contribution in [2.75, 3.05) is 40.3 Å². The zero-order valence-corrected chi connectivity index (χ0v) is 9.10. The predicted molar refractivity (Wildman–Crippen MR) is 58.2 cm³/mol. The van der Waals surface area contributed by atoms with Crippen LogP contribution in [-0.2, 0) is 0 Å². The molecule has 13 heavy (non-hydrogen) atoms. The van der Waals surface area contributed by atoms with Crippen LogP contribution in [0.2, 0.25) is 0 Å². The van der Waals surface area contributed by atoms with Crippen LogP contribution in [0.4, 0.5) is 0 Å². The number of hydrogen-bond donors (Lipinski definition) is 2. The lowest BCUT2D eigenvalue weighted by molar-refractivity contribution is 0.565. The fourth-order valence-electron chi connectivity index (χ4n) is 1.16. The van der Waals surface area contributed by atoms with Crippen molar-refractivity contribution in [3.63, 3.8) is 0 Å². The second-order valence-corrected chi connectivity index (χ2v) is 3.29. The minimum absolute atomic E-state index is 1.04. The van der Waals surface area contributed by atoms with E-state index in [4.69, 9.17) is 0 Å². The van der Waals surface area contributed by atoms with E-state index in [1.807, 2.05) is 14.1 Å². The molecule has 1 radical (unpaired) electrons. The van der Waals surface area contributed by atoms with E-state index in [0.29, 0.717) is 0 Å². The average Bonchev–Trinajstić information content (AvgIpc) is 2.16. The lowest BCUT2D eigenvalue weighted by Gasteiger charge is -2.02. The van der Waals surface area contributed by atoms with E-state index in [1.165, 1.54) is 25.7 Å². The van der Waals surface area contributed by atoms with Crippen LogP contribution in [0.3, 0.4) is 0 Å². The molecular weight excluding hydrogens is 162 g/mol. The summed E-state index contributed by atoms with van der Waals surface area (Å²) in [5, 5.41) is 10.7. The minimum Gasteiger partial charge on any atom is -0.320 e. The van der Waals surface area contributed by atoms with Crippen LogP contribution in [-0.4, -0.2) is 40.3 Å². The van der Waals surface area contributed by atoms with Gasteiger partial charge in [-0.3, -0.25) is 0 Å². The fourth-order valence-corrected chi connectivity index (χ4v) is 1.16. The molecule has 3 heteroatoms. The fraction of sp³-hybridized carbons (Fsp3) is 1.00. The molecule has 0 aromatic carbocycles. The van der Waals surface area contributed by atoms with E-state index >= 15 is 0 Å². The van der Waals surface area contributed by atoms with Crippen LogP contribution < -0.4 is 16.0 Å². The Labute approximate surface area is 82.7 Å². The quantitative estimate of drug-likeness (QED) is 0.490. The van der Waals surface area contributed by atoms with E-state index in [2.05, 4.69) is 16.0 Å². The maximum absolute atomic E-state index is 4.46. The molecule has 0 saturated heterocycles. The zero-order chi connectivity index (χ0) is 9.78. The summed E-state index contributed by atoms with van der Waals surface area (Å²) in [5.74, 6) is 0. The summed E-state index contributed by atoms with van der Waals surface area (Å²) in [6, 6.07) is 0. The highest BCUT2D eigenvalue weighted by Crippen LogP contribution is 1.88. The Morgan fingerprint density at radius 3 is 1.62 bits per heavy atom. The third-order valence-electron chi connectivity index (χ3n) is 1.99. The van der Waals surface area contributed by atoms with Gasteiger partial charge >= 0.3 is 0 Å². The molecule has 0 amide bonds. The van der Waals surface area contributed by atoms with Gasteiger partial charge in [-0.25, -0.2) is 5.32 Å². The van der Waals surface area contributed by atoms with Crippen molar-refractivity contribution >= 4 is 0 Å². The van der Waals surface area contributed by atoms with E-state index < -0.39 is 0 Å². The molecule has 0 heterocycles. The first-order valence-corrected chi connectivity index (χ1v) is 5.34. The highest BCUT2D eigenvalue weighted by atomic mass is 14.9. The number of unbranched alkanes of at least 4 members (excludes halogenated alkanes) is 2. The van der Waals surface area contributed by atoms with Gasteiger partial charge in [-0.15, -0.1) is 0 Å². The van der Waals surface area contributed by atoms with Crippen molar-refractivity contribution in [1.29, 1.82) is 0 Å². The summed E-state index contributed by atoms with van der Waals surface area (Å²) in [6.07, 6.45) is 4.95. The van der Waals surface area contributed by atoms with Crippen molar-refractivity contribution in [3.8, 4) is 0 Å². The first-order chi connectivity index (χ1) is 6.41. The lowest BCUT2D eigenvalue weighted by atomic mass is 10.3. The van der Waals surface area contributed by atoms with Gasteiger partial charge in [-0.1, -0.05) is 0 Å².